The molecule has 0 saturated carbocycles. The first-order valence-corrected chi connectivity index (χ1v) is 14.0. The molecular weight excluding hydrogens is 464 g/mol. The molecule has 0 amide bonds. The van der Waals surface area contributed by atoms with E-state index in [1.54, 1.807) is 24.1 Å². The van der Waals surface area contributed by atoms with E-state index in [-0.39, 0.29) is 21.3 Å². The van der Waals surface area contributed by atoms with E-state index in [9.17, 15) is 0 Å². The van der Waals surface area contributed by atoms with Crippen LogP contribution in [0.25, 0.3) is 0 Å². The molecule has 2 aromatic rings. The van der Waals surface area contributed by atoms with Crippen molar-refractivity contribution in [1.29, 1.82) is 0 Å². The van der Waals surface area contributed by atoms with E-state index < -0.39 is 0 Å². The topological polar surface area (TPSA) is 9.23 Å². The van der Waals surface area contributed by atoms with Gasteiger partial charge in [0, 0.05) is 35.9 Å². The van der Waals surface area contributed by atoms with Gasteiger partial charge in [-0.3, -0.25) is 0 Å². The van der Waals surface area contributed by atoms with Gasteiger partial charge in [-0.2, -0.15) is 0 Å². The molecule has 2 aliphatic rings. The normalized spacial score (nSPS) is 19.0. The lowest BCUT2D eigenvalue weighted by molar-refractivity contribution is 0.532. The van der Waals surface area contributed by atoms with Crippen LogP contribution in [-0.2, 0) is 13.1 Å². The van der Waals surface area contributed by atoms with Crippen molar-refractivity contribution < 1.29 is 3.63 Å². The Bertz CT molecular complexity index is 1120. The second-order valence-electron chi connectivity index (χ2n) is 10.4. The largest absolute Gasteiger partial charge is 0.245 e. The van der Waals surface area contributed by atoms with E-state index >= 15 is 0 Å². The molecule has 2 aliphatic carbocycles. The summed E-state index contributed by atoms with van der Waals surface area (Å²) >= 11 is 3.22. The zero-order chi connectivity index (χ0) is 25.4. The molecule has 2 aromatic carbocycles. The zero-order valence-corrected chi connectivity index (χ0v) is 23.9. The molecule has 4 rings (SSSR count). The van der Waals surface area contributed by atoms with Gasteiger partial charge in [-0.25, -0.2) is 3.63 Å². The molecule has 35 heavy (non-hydrogen) atoms. The monoisotopic (exact) mass is 502 g/mol. The Hall–Kier alpha value is -1.94. The Labute approximate surface area is 221 Å². The van der Waals surface area contributed by atoms with Gasteiger partial charge in [0.05, 0.1) is 9.49 Å². The van der Waals surface area contributed by atoms with Crippen LogP contribution in [0.2, 0.25) is 0 Å². The lowest BCUT2D eigenvalue weighted by Gasteiger charge is -2.38. The van der Waals surface area contributed by atoms with Crippen LogP contribution < -0.4 is 0 Å². The molecule has 184 valence electrons. The fourth-order valence-corrected chi connectivity index (χ4v) is 7.73. The minimum atomic E-state index is -0.237. The van der Waals surface area contributed by atoms with Crippen LogP contribution in [0.15, 0.2) is 72.9 Å². The molecule has 0 heterocycles. The molecule has 0 radical (unpaired) electrons. The van der Waals surface area contributed by atoms with Crippen molar-refractivity contribution in [3.63, 3.8) is 0 Å². The van der Waals surface area contributed by atoms with Crippen LogP contribution in [0.5, 0.6) is 0 Å². The SMILES string of the molecule is Cc1ccc(C(C)(SOSC(C)(c2ccc(C)c(C)c2C)C2C=CC=C2)C2C=CC=C2)c(C)c1C. The molecule has 0 spiro atoms. The smallest absolute Gasteiger partial charge is 0.0754 e. The number of aryl methyl sites for hydroxylation is 2. The van der Waals surface area contributed by atoms with Gasteiger partial charge in [-0.15, -0.1) is 0 Å². The van der Waals surface area contributed by atoms with Gasteiger partial charge in [0.15, 0.2) is 0 Å². The fraction of sp³-hybridized carbons (Fsp3) is 0.375. The summed E-state index contributed by atoms with van der Waals surface area (Å²) < 4.78 is 6.17. The molecule has 0 N–H and O–H groups in total. The molecule has 2 unspecified atom stereocenters. The van der Waals surface area contributed by atoms with E-state index in [0.29, 0.717) is 0 Å². The number of rotatable bonds is 8. The van der Waals surface area contributed by atoms with Gasteiger partial charge in [0.2, 0.25) is 0 Å². The highest BCUT2D eigenvalue weighted by atomic mass is 32.2. The van der Waals surface area contributed by atoms with E-state index in [1.807, 2.05) is 0 Å². The Morgan fingerprint density at radius 2 is 0.886 bits per heavy atom. The summed E-state index contributed by atoms with van der Waals surface area (Å²) in [7, 11) is 0. The van der Waals surface area contributed by atoms with Crippen LogP contribution in [0.3, 0.4) is 0 Å². The van der Waals surface area contributed by atoms with Gasteiger partial charge in [-0.05, 0) is 99.9 Å². The number of hydrogen-bond donors (Lipinski definition) is 0. The van der Waals surface area contributed by atoms with Gasteiger partial charge >= 0.3 is 0 Å². The summed E-state index contributed by atoms with van der Waals surface area (Å²) in [6.07, 6.45) is 17.8. The summed E-state index contributed by atoms with van der Waals surface area (Å²) in [4.78, 5) is 0. The van der Waals surface area contributed by atoms with E-state index in [2.05, 4.69) is 128 Å². The molecule has 0 bridgehead atoms. The average Bonchev–Trinajstić information content (AvgIpc) is 3.56. The first-order valence-electron chi connectivity index (χ1n) is 12.5. The molecular formula is C32H38OS2. The first-order chi connectivity index (χ1) is 16.6. The Morgan fingerprint density at radius 3 is 1.23 bits per heavy atom. The van der Waals surface area contributed by atoms with Gasteiger partial charge in [-0.1, -0.05) is 72.9 Å². The van der Waals surface area contributed by atoms with Crippen LogP contribution in [0.4, 0.5) is 0 Å². The maximum absolute atomic E-state index is 6.65. The van der Waals surface area contributed by atoms with Crippen molar-refractivity contribution in [2.75, 3.05) is 0 Å². The van der Waals surface area contributed by atoms with Gasteiger partial charge in [0.25, 0.3) is 0 Å². The third kappa shape index (κ3) is 4.75. The molecule has 0 saturated heterocycles. The van der Waals surface area contributed by atoms with Crippen molar-refractivity contribution in [2.24, 2.45) is 11.8 Å². The Morgan fingerprint density at radius 1 is 0.543 bits per heavy atom. The summed E-state index contributed by atoms with van der Waals surface area (Å²) in [6, 6.07) is 9.10. The standard InChI is InChI=1S/C32H38OS2/c1-21-17-19-29(25(5)23(21)3)31(7,27-13-9-10-14-27)34-33-35-32(8,28-15-11-12-16-28)30-20-18-22(2)24(4)26(30)6/h9-20,27-28H,1-8H3. The lowest BCUT2D eigenvalue weighted by atomic mass is 9.83. The van der Waals surface area contributed by atoms with Crippen molar-refractivity contribution in [3.05, 3.63) is 117 Å². The quantitative estimate of drug-likeness (QED) is 0.333. The van der Waals surface area contributed by atoms with Crippen molar-refractivity contribution >= 4 is 24.1 Å². The highest BCUT2D eigenvalue weighted by Crippen LogP contribution is 2.54. The third-order valence-corrected chi connectivity index (χ3v) is 10.6. The predicted molar refractivity (Wildman–Crippen MR) is 156 cm³/mol. The molecule has 3 heteroatoms. The lowest BCUT2D eigenvalue weighted by Crippen LogP contribution is -2.29. The summed E-state index contributed by atoms with van der Waals surface area (Å²) in [6.45, 7) is 18.0. The van der Waals surface area contributed by atoms with Gasteiger partial charge < -0.3 is 0 Å². The van der Waals surface area contributed by atoms with Crippen LogP contribution in [0, 0.1) is 53.4 Å². The maximum Gasteiger partial charge on any atom is 0.0754 e. The molecule has 0 fully saturated rings. The average molecular weight is 503 g/mol. The van der Waals surface area contributed by atoms with E-state index in [0.717, 1.165) is 0 Å². The third-order valence-electron chi connectivity index (χ3n) is 8.37. The summed E-state index contributed by atoms with van der Waals surface area (Å²) in [5.41, 5.74) is 10.8. The Kier molecular flexibility index (Phi) is 7.62. The highest BCUT2D eigenvalue weighted by molar-refractivity contribution is 8.08. The highest BCUT2D eigenvalue weighted by Gasteiger charge is 2.41. The second kappa shape index (κ2) is 10.2. The van der Waals surface area contributed by atoms with E-state index in [4.69, 9.17) is 3.63 Å². The predicted octanol–water partition coefficient (Wildman–Crippen LogP) is 9.47. The van der Waals surface area contributed by atoms with Crippen molar-refractivity contribution in [1.82, 2.24) is 0 Å². The van der Waals surface area contributed by atoms with Crippen molar-refractivity contribution in [3.8, 4) is 0 Å². The molecule has 0 aliphatic heterocycles. The fourth-order valence-electron chi connectivity index (χ4n) is 5.30. The van der Waals surface area contributed by atoms with Crippen LogP contribution in [0.1, 0.15) is 58.4 Å². The second-order valence-corrected chi connectivity index (χ2v) is 13.0. The molecule has 0 aromatic heterocycles. The number of benzene rings is 2. The number of allylic oxidation sites excluding steroid dienone is 8. The first kappa shape index (κ1) is 26.1. The molecule has 1 nitrogen and oxygen atoms in total. The van der Waals surface area contributed by atoms with Crippen LogP contribution >= 0.6 is 24.1 Å². The minimum absolute atomic E-state index is 0.237. The molecule has 2 atom stereocenters. The summed E-state index contributed by atoms with van der Waals surface area (Å²) in [5, 5.41) is 0. The minimum Gasteiger partial charge on any atom is -0.245 e. The van der Waals surface area contributed by atoms with E-state index in [1.165, 1.54) is 44.5 Å². The van der Waals surface area contributed by atoms with Gasteiger partial charge in [0.1, 0.15) is 0 Å². The summed E-state index contributed by atoms with van der Waals surface area (Å²) in [5.74, 6) is 0.546. The zero-order valence-electron chi connectivity index (χ0n) is 22.3. The number of hydrogen-bond acceptors (Lipinski definition) is 3. The van der Waals surface area contributed by atoms with Crippen molar-refractivity contribution in [2.45, 2.75) is 64.9 Å². The van der Waals surface area contributed by atoms with Crippen LogP contribution in [-0.4, -0.2) is 0 Å². The maximum atomic E-state index is 6.65. The Balaban J connectivity index is 1.68.